The summed E-state index contributed by atoms with van der Waals surface area (Å²) in [6.07, 6.45) is 1.27. The highest BCUT2D eigenvalue weighted by Gasteiger charge is 2.30. The van der Waals surface area contributed by atoms with Crippen LogP contribution in [-0.2, 0) is 0 Å². The Balaban J connectivity index is 2.67. The molecule has 0 unspecified atom stereocenters. The van der Waals surface area contributed by atoms with Crippen molar-refractivity contribution in [3.63, 3.8) is 0 Å². The zero-order valence-corrected chi connectivity index (χ0v) is 11.7. The summed E-state index contributed by atoms with van der Waals surface area (Å²) in [6, 6.07) is 4.23. The van der Waals surface area contributed by atoms with E-state index in [1.54, 1.807) is 0 Å². The molecule has 1 heterocycles. The zero-order valence-electron chi connectivity index (χ0n) is 11.7. The molecule has 21 heavy (non-hydrogen) atoms. The lowest BCUT2D eigenvalue weighted by molar-refractivity contribution is 0.114. The molecule has 2 aromatic rings. The first-order chi connectivity index (χ1) is 9.72. The SMILES string of the molecule is CC(C)(C)Oc1c(F)c(F)c(-c2ccccn2)c(F)c1F. The van der Waals surface area contributed by atoms with Gasteiger partial charge in [-0.25, -0.2) is 8.78 Å². The van der Waals surface area contributed by atoms with Crippen LogP contribution in [0, 0.1) is 23.3 Å². The number of halogens is 4. The molecular formula is C15H13F4NO. The molecule has 0 amide bonds. The highest BCUT2D eigenvalue weighted by molar-refractivity contribution is 5.62. The molecule has 0 spiro atoms. The Morgan fingerprint density at radius 2 is 1.48 bits per heavy atom. The number of pyridine rings is 1. The van der Waals surface area contributed by atoms with E-state index in [4.69, 9.17) is 4.74 Å². The van der Waals surface area contributed by atoms with E-state index >= 15 is 0 Å². The summed E-state index contributed by atoms with van der Waals surface area (Å²) in [6.45, 7) is 4.52. The van der Waals surface area contributed by atoms with Gasteiger partial charge in [0.2, 0.25) is 11.6 Å². The summed E-state index contributed by atoms with van der Waals surface area (Å²) in [7, 11) is 0. The van der Waals surface area contributed by atoms with Gasteiger partial charge in [-0.05, 0) is 32.9 Å². The lowest BCUT2D eigenvalue weighted by atomic mass is 10.1. The summed E-state index contributed by atoms with van der Waals surface area (Å²) in [5.41, 5.74) is -2.06. The van der Waals surface area contributed by atoms with E-state index in [9.17, 15) is 17.6 Å². The minimum absolute atomic E-state index is 0.201. The van der Waals surface area contributed by atoms with Crippen molar-refractivity contribution in [3.05, 3.63) is 47.7 Å². The summed E-state index contributed by atoms with van der Waals surface area (Å²) in [4.78, 5) is 3.70. The van der Waals surface area contributed by atoms with E-state index < -0.39 is 40.2 Å². The van der Waals surface area contributed by atoms with Gasteiger partial charge in [-0.15, -0.1) is 0 Å². The lowest BCUT2D eigenvalue weighted by Crippen LogP contribution is -2.25. The largest absolute Gasteiger partial charge is 0.482 e. The Labute approximate surface area is 119 Å². The monoisotopic (exact) mass is 299 g/mol. The molecule has 2 rings (SSSR count). The summed E-state index contributed by atoms with van der Waals surface area (Å²) in [5, 5.41) is 0. The maximum atomic E-state index is 14.1. The van der Waals surface area contributed by atoms with Gasteiger partial charge in [-0.2, -0.15) is 8.78 Å². The summed E-state index contributed by atoms with van der Waals surface area (Å²) >= 11 is 0. The molecule has 0 atom stereocenters. The highest BCUT2D eigenvalue weighted by atomic mass is 19.2. The number of rotatable bonds is 2. The molecule has 6 heteroatoms. The van der Waals surface area contributed by atoms with Crippen LogP contribution in [0.1, 0.15) is 20.8 Å². The third-order valence-electron chi connectivity index (χ3n) is 2.55. The van der Waals surface area contributed by atoms with Gasteiger partial charge in [0.15, 0.2) is 17.4 Å². The van der Waals surface area contributed by atoms with Gasteiger partial charge in [0.05, 0.1) is 11.3 Å². The average molecular weight is 299 g/mol. The van der Waals surface area contributed by atoms with Gasteiger partial charge < -0.3 is 4.74 Å². The molecule has 0 N–H and O–H groups in total. The Bertz CT molecular complexity index is 637. The standard InChI is InChI=1S/C15H13F4NO/c1-15(2,3)21-14-12(18)10(16)9(11(17)13(14)19)8-6-4-5-7-20-8/h4-7H,1-3H3. The van der Waals surface area contributed by atoms with Crippen LogP contribution >= 0.6 is 0 Å². The van der Waals surface area contributed by atoms with Crippen molar-refractivity contribution < 1.29 is 22.3 Å². The molecule has 0 saturated heterocycles. The molecular weight excluding hydrogens is 286 g/mol. The fourth-order valence-corrected chi connectivity index (χ4v) is 1.74. The van der Waals surface area contributed by atoms with Crippen LogP contribution in [0.3, 0.4) is 0 Å². The fraction of sp³-hybridized carbons (Fsp3) is 0.267. The van der Waals surface area contributed by atoms with Crippen molar-refractivity contribution >= 4 is 0 Å². The highest BCUT2D eigenvalue weighted by Crippen LogP contribution is 2.36. The average Bonchev–Trinajstić information content (AvgIpc) is 2.42. The van der Waals surface area contributed by atoms with Crippen molar-refractivity contribution in [2.45, 2.75) is 26.4 Å². The van der Waals surface area contributed by atoms with Crippen molar-refractivity contribution in [1.82, 2.24) is 4.98 Å². The molecule has 0 saturated carbocycles. The maximum absolute atomic E-state index is 14.1. The van der Waals surface area contributed by atoms with Crippen LogP contribution in [0.5, 0.6) is 5.75 Å². The van der Waals surface area contributed by atoms with Crippen molar-refractivity contribution in [1.29, 1.82) is 0 Å². The topological polar surface area (TPSA) is 22.1 Å². The zero-order chi connectivity index (χ0) is 15.8. The van der Waals surface area contributed by atoms with Crippen LogP contribution < -0.4 is 4.74 Å². The minimum atomic E-state index is -1.58. The van der Waals surface area contributed by atoms with E-state index in [2.05, 4.69) is 4.98 Å². The van der Waals surface area contributed by atoms with Crippen molar-refractivity contribution in [2.24, 2.45) is 0 Å². The summed E-state index contributed by atoms with van der Waals surface area (Å²) in [5.74, 6) is -7.30. The second-order valence-electron chi connectivity index (χ2n) is 5.39. The molecule has 0 fully saturated rings. The molecule has 1 aromatic carbocycles. The molecule has 2 nitrogen and oxygen atoms in total. The van der Waals surface area contributed by atoms with Crippen LogP contribution in [0.2, 0.25) is 0 Å². The Hall–Kier alpha value is -2.11. The van der Waals surface area contributed by atoms with Gasteiger partial charge in [0.1, 0.15) is 5.60 Å². The first kappa shape index (κ1) is 15.3. The second-order valence-corrected chi connectivity index (χ2v) is 5.39. The first-order valence-electron chi connectivity index (χ1n) is 6.18. The number of hydrogen-bond acceptors (Lipinski definition) is 2. The fourth-order valence-electron chi connectivity index (χ4n) is 1.74. The quantitative estimate of drug-likeness (QED) is 0.602. The van der Waals surface area contributed by atoms with Gasteiger partial charge in [-0.3, -0.25) is 4.98 Å². The first-order valence-corrected chi connectivity index (χ1v) is 6.18. The van der Waals surface area contributed by atoms with Crippen molar-refractivity contribution in [2.75, 3.05) is 0 Å². The van der Waals surface area contributed by atoms with Gasteiger partial charge in [0.25, 0.3) is 0 Å². The van der Waals surface area contributed by atoms with Gasteiger partial charge in [-0.1, -0.05) is 6.07 Å². The second kappa shape index (κ2) is 5.35. The third-order valence-corrected chi connectivity index (χ3v) is 2.55. The van der Waals surface area contributed by atoms with E-state index in [0.717, 1.165) is 0 Å². The van der Waals surface area contributed by atoms with Gasteiger partial charge >= 0.3 is 0 Å². The predicted octanol–water partition coefficient (Wildman–Crippen LogP) is 4.48. The molecule has 0 aliphatic carbocycles. The number of hydrogen-bond donors (Lipinski definition) is 0. The Morgan fingerprint density at radius 1 is 0.905 bits per heavy atom. The Kier molecular flexibility index (Phi) is 3.89. The maximum Gasteiger partial charge on any atom is 0.204 e. The van der Waals surface area contributed by atoms with E-state index in [1.807, 2.05) is 0 Å². The van der Waals surface area contributed by atoms with E-state index in [-0.39, 0.29) is 5.69 Å². The predicted molar refractivity (Wildman–Crippen MR) is 69.9 cm³/mol. The van der Waals surface area contributed by atoms with Crippen LogP contribution in [-0.4, -0.2) is 10.6 Å². The molecule has 0 bridgehead atoms. The number of nitrogens with zero attached hydrogens (tertiary/aromatic N) is 1. The van der Waals surface area contributed by atoms with Crippen molar-refractivity contribution in [3.8, 4) is 17.0 Å². The Morgan fingerprint density at radius 3 is 1.90 bits per heavy atom. The lowest BCUT2D eigenvalue weighted by Gasteiger charge is -2.22. The molecule has 1 aromatic heterocycles. The summed E-state index contributed by atoms with van der Waals surface area (Å²) < 4.78 is 61.1. The molecule has 0 aliphatic rings. The minimum Gasteiger partial charge on any atom is -0.482 e. The smallest absolute Gasteiger partial charge is 0.204 e. The van der Waals surface area contributed by atoms with E-state index in [0.29, 0.717) is 0 Å². The van der Waals surface area contributed by atoms with E-state index in [1.165, 1.54) is 45.2 Å². The van der Waals surface area contributed by atoms with Crippen LogP contribution in [0.25, 0.3) is 11.3 Å². The van der Waals surface area contributed by atoms with Crippen LogP contribution in [0.15, 0.2) is 24.4 Å². The number of ether oxygens (including phenoxy) is 1. The third kappa shape index (κ3) is 2.99. The molecule has 0 aliphatic heterocycles. The van der Waals surface area contributed by atoms with Gasteiger partial charge in [0, 0.05) is 6.20 Å². The number of benzene rings is 1. The van der Waals surface area contributed by atoms with Crippen LogP contribution in [0.4, 0.5) is 17.6 Å². The number of aromatic nitrogens is 1. The molecule has 0 radical (unpaired) electrons. The normalized spacial score (nSPS) is 11.6. The molecule has 112 valence electrons.